The molecule has 15 atom stereocenters. The minimum absolute atomic E-state index is 0.0467. The number of piperidine rings is 1. The van der Waals surface area contributed by atoms with Crippen LogP contribution in [0.5, 0.6) is 0 Å². The molecule has 378 valence electrons. The third-order valence-electron chi connectivity index (χ3n) is 14.3. The third-order valence-corrected chi connectivity index (χ3v) is 14.3. The van der Waals surface area contributed by atoms with Gasteiger partial charge in [0.1, 0.15) is 42.7 Å². The van der Waals surface area contributed by atoms with E-state index in [1.54, 1.807) is 53.9 Å². The summed E-state index contributed by atoms with van der Waals surface area (Å²) in [6, 6.07) is -1.19. The Labute approximate surface area is 397 Å². The maximum atomic E-state index is 14.4. The van der Waals surface area contributed by atoms with Crippen molar-refractivity contribution in [1.29, 1.82) is 0 Å². The van der Waals surface area contributed by atoms with E-state index >= 15 is 0 Å². The van der Waals surface area contributed by atoms with E-state index < -0.39 is 83.9 Å². The van der Waals surface area contributed by atoms with Crippen LogP contribution in [0, 0.1) is 35.5 Å². The average Bonchev–Trinajstić information content (AvgIpc) is 3.30. The van der Waals surface area contributed by atoms with Gasteiger partial charge in [-0.1, -0.05) is 46.8 Å². The molecular formula is C51H79NO15. The van der Waals surface area contributed by atoms with Gasteiger partial charge in [-0.2, -0.15) is 0 Å². The minimum Gasteiger partial charge on any atom is -0.460 e. The number of aliphatic hydroxyl groups excluding tert-OH is 2. The molecule has 1 unspecified atom stereocenters. The Morgan fingerprint density at radius 1 is 0.896 bits per heavy atom. The van der Waals surface area contributed by atoms with Crippen molar-refractivity contribution < 1.29 is 72.6 Å². The lowest BCUT2D eigenvalue weighted by molar-refractivity contribution is -0.265. The summed E-state index contributed by atoms with van der Waals surface area (Å²) in [4.78, 5) is 93.1. The summed E-state index contributed by atoms with van der Waals surface area (Å²) in [6.45, 7) is 12.1. The van der Waals surface area contributed by atoms with Crippen molar-refractivity contribution in [2.45, 2.75) is 180 Å². The monoisotopic (exact) mass is 946 g/mol. The lowest BCUT2D eigenvalue weighted by Gasteiger charge is -2.42. The first-order valence-corrected chi connectivity index (χ1v) is 24.1. The van der Waals surface area contributed by atoms with E-state index in [9.17, 15) is 48.9 Å². The number of ketones is 3. The lowest BCUT2D eigenvalue weighted by Crippen LogP contribution is -2.61. The number of amides is 1. The predicted octanol–water partition coefficient (Wildman–Crippen LogP) is 5.01. The maximum Gasteiger partial charge on any atom is 0.329 e. The largest absolute Gasteiger partial charge is 0.460 e. The van der Waals surface area contributed by atoms with Gasteiger partial charge < -0.3 is 43.9 Å². The van der Waals surface area contributed by atoms with Crippen LogP contribution in [-0.2, 0) is 57.2 Å². The Kier molecular flexibility index (Phi) is 23.6. The summed E-state index contributed by atoms with van der Waals surface area (Å²) < 4.78 is 28.8. The van der Waals surface area contributed by atoms with Crippen molar-refractivity contribution in [3.8, 4) is 0 Å². The smallest absolute Gasteiger partial charge is 0.329 e. The van der Waals surface area contributed by atoms with Crippen LogP contribution in [0.25, 0.3) is 0 Å². The molecule has 16 nitrogen and oxygen atoms in total. The number of hydrogen-bond acceptors (Lipinski definition) is 15. The highest BCUT2D eigenvalue weighted by molar-refractivity contribution is 6.39. The Balaban J connectivity index is 1.85. The third kappa shape index (κ3) is 15.9. The van der Waals surface area contributed by atoms with E-state index in [4.69, 9.17) is 23.7 Å². The highest BCUT2D eigenvalue weighted by Crippen LogP contribution is 2.37. The van der Waals surface area contributed by atoms with Crippen LogP contribution in [-0.4, -0.2) is 144 Å². The van der Waals surface area contributed by atoms with Gasteiger partial charge in [-0.25, -0.2) is 4.79 Å². The number of rotatable bonds is 26. The molecule has 1 amide bonds. The van der Waals surface area contributed by atoms with Crippen LogP contribution in [0.2, 0.25) is 0 Å². The standard InChI is InChI=1S/C51H79NO15/c1-30(14-13-22-53)24-34(5)45(57)47(65-10)46(58)35(6)25-32(3)41(56)29-43(33(4)26-37-17-19-40(55)44(27-37)64-9)66-50(61)39-15-11-12-21-52(39)49(60)48(59)51(62)36(7)16-18-38(67-51)28-42(63-8)31(2)20-23-54/h13-14,20,22-23,25,30,32-34,36-40,42-44,46-47,55,58,62H,11-12,15-19,21,24,26-29H2,1-10H3/b14-13+,31-20+,35-25+/t30-,32-,33-,34-,36-,37+,38+,39+,40-,42+,43+,44-,46-,47?,51-/m1/s1. The molecule has 2 saturated heterocycles. The average molecular weight is 946 g/mol. The van der Waals surface area contributed by atoms with Crippen LogP contribution in [0.15, 0.2) is 35.5 Å². The zero-order chi connectivity index (χ0) is 50.2. The van der Waals surface area contributed by atoms with Crippen molar-refractivity contribution in [1.82, 2.24) is 4.90 Å². The molecular weight excluding hydrogens is 867 g/mol. The number of likely N-dealkylation sites (tertiary alicyclic amines) is 1. The van der Waals surface area contributed by atoms with Crippen LogP contribution in [0.3, 0.4) is 0 Å². The molecule has 0 aromatic carbocycles. The number of aliphatic hydroxyl groups is 3. The molecule has 3 fully saturated rings. The summed E-state index contributed by atoms with van der Waals surface area (Å²) in [5.74, 6) is -8.60. The van der Waals surface area contributed by atoms with Gasteiger partial charge in [0.2, 0.25) is 5.79 Å². The number of esters is 1. The van der Waals surface area contributed by atoms with Crippen LogP contribution in [0.4, 0.5) is 0 Å². The normalized spacial score (nSPS) is 28.9. The zero-order valence-corrected chi connectivity index (χ0v) is 41.4. The lowest BCUT2D eigenvalue weighted by atomic mass is 9.78. The minimum atomic E-state index is -2.48. The topological polar surface area (TPSA) is 230 Å². The van der Waals surface area contributed by atoms with Crippen molar-refractivity contribution in [2.75, 3.05) is 27.9 Å². The Hall–Kier alpha value is -3.77. The molecule has 3 rings (SSSR count). The Morgan fingerprint density at radius 2 is 1.60 bits per heavy atom. The summed E-state index contributed by atoms with van der Waals surface area (Å²) in [5.41, 5.74) is 0.970. The summed E-state index contributed by atoms with van der Waals surface area (Å²) >= 11 is 0. The highest BCUT2D eigenvalue weighted by atomic mass is 16.6. The molecule has 67 heavy (non-hydrogen) atoms. The first-order valence-electron chi connectivity index (χ1n) is 24.1. The number of carbonyl (C=O) groups is 7. The number of Topliss-reactive ketones (excluding diaryl/α,β-unsaturated/α-hetero) is 3. The second-order valence-corrected chi connectivity index (χ2v) is 19.5. The SMILES string of the molecule is COC(C(=O)[C@H](C)C[C@H](C)/C=C/C=O)[C@H](O)/C(C)=C/[C@@H](C)C(=O)C[C@H](OC(=O)[C@@H]1CCCCN1C(=O)C(=O)[C@]1(O)O[C@H](C[C@H](OC)/C(C)=C/C=O)CC[C@H]1C)[C@H](C)C[C@@H]1CC[C@@H](O)[C@H](OC)C1. The van der Waals surface area contributed by atoms with Crippen LogP contribution in [0.1, 0.15) is 126 Å². The van der Waals surface area contributed by atoms with Gasteiger partial charge in [0.25, 0.3) is 11.7 Å². The van der Waals surface area contributed by atoms with Crippen molar-refractivity contribution in [2.24, 2.45) is 35.5 Å². The van der Waals surface area contributed by atoms with Crippen molar-refractivity contribution in [3.63, 3.8) is 0 Å². The van der Waals surface area contributed by atoms with Gasteiger partial charge in [0.15, 0.2) is 5.78 Å². The van der Waals surface area contributed by atoms with Crippen molar-refractivity contribution >= 4 is 41.8 Å². The number of methoxy groups -OCH3 is 3. The van der Waals surface area contributed by atoms with E-state index in [-0.39, 0.29) is 61.2 Å². The highest BCUT2D eigenvalue weighted by Gasteiger charge is 2.53. The summed E-state index contributed by atoms with van der Waals surface area (Å²) in [6.07, 6.45) is 6.39. The maximum absolute atomic E-state index is 14.4. The van der Waals surface area contributed by atoms with Gasteiger partial charge in [-0.3, -0.25) is 28.8 Å². The number of allylic oxidation sites excluding steroid dienone is 4. The molecule has 2 heterocycles. The number of hydrogen-bond donors (Lipinski definition) is 3. The Morgan fingerprint density at radius 3 is 2.22 bits per heavy atom. The van der Waals surface area contributed by atoms with Gasteiger partial charge in [-0.05, 0) is 119 Å². The van der Waals surface area contributed by atoms with E-state index in [1.807, 2.05) is 13.8 Å². The van der Waals surface area contributed by atoms with Crippen molar-refractivity contribution in [3.05, 3.63) is 35.5 Å². The van der Waals surface area contributed by atoms with Gasteiger partial charge >= 0.3 is 5.97 Å². The fraction of sp³-hybridized carbons (Fsp3) is 0.745. The first kappa shape index (κ1) is 57.5. The second-order valence-electron chi connectivity index (χ2n) is 19.5. The van der Waals surface area contributed by atoms with Gasteiger partial charge in [0, 0.05) is 58.5 Å². The summed E-state index contributed by atoms with van der Waals surface area (Å²) in [5, 5.41) is 33.6. The molecule has 3 N–H and O–H groups in total. The molecule has 0 aromatic heterocycles. The first-order chi connectivity index (χ1) is 31.7. The van der Waals surface area contributed by atoms with Crippen LogP contribution < -0.4 is 0 Å². The number of carbonyl (C=O) groups excluding carboxylic acids is 7. The predicted molar refractivity (Wildman–Crippen MR) is 248 cm³/mol. The molecule has 0 spiro atoms. The number of aldehydes is 2. The second kappa shape index (κ2) is 27.4. The zero-order valence-electron chi connectivity index (χ0n) is 41.4. The summed E-state index contributed by atoms with van der Waals surface area (Å²) in [7, 11) is 4.35. The Bertz CT molecular complexity index is 1780. The van der Waals surface area contributed by atoms with Gasteiger partial charge in [-0.15, -0.1) is 0 Å². The fourth-order valence-electron chi connectivity index (χ4n) is 9.93. The number of nitrogens with zero attached hydrogens (tertiary/aromatic N) is 1. The molecule has 0 bridgehead atoms. The molecule has 1 aliphatic carbocycles. The fourth-order valence-corrected chi connectivity index (χ4v) is 9.93. The number of ether oxygens (including phenoxy) is 5. The molecule has 3 aliphatic rings. The molecule has 16 heteroatoms. The molecule has 1 saturated carbocycles. The van der Waals surface area contributed by atoms with Crippen LogP contribution >= 0.6 is 0 Å². The molecule has 0 aromatic rings. The van der Waals surface area contributed by atoms with E-state index in [0.717, 1.165) is 4.90 Å². The molecule has 2 aliphatic heterocycles. The molecule has 0 radical (unpaired) electrons. The van der Waals surface area contributed by atoms with Gasteiger partial charge in [0.05, 0.1) is 24.4 Å². The van der Waals surface area contributed by atoms with E-state index in [1.165, 1.54) is 26.4 Å². The van der Waals surface area contributed by atoms with E-state index in [0.29, 0.717) is 81.5 Å². The van der Waals surface area contributed by atoms with E-state index in [2.05, 4.69) is 0 Å². The quantitative estimate of drug-likeness (QED) is 0.0341.